The molecule has 0 spiro atoms. The molecule has 1 rings (SSSR count). The van der Waals surface area contributed by atoms with Gasteiger partial charge in [0.1, 0.15) is 0 Å². The molecule has 0 aliphatic rings. The van der Waals surface area contributed by atoms with Gasteiger partial charge in [0.05, 0.1) is 12.6 Å². The Balaban J connectivity index is 2.55. The molecule has 2 unspecified atom stereocenters. The summed E-state index contributed by atoms with van der Waals surface area (Å²) in [5, 5.41) is 12.1. The van der Waals surface area contributed by atoms with Crippen molar-refractivity contribution in [1.82, 2.24) is 5.32 Å². The van der Waals surface area contributed by atoms with Crippen LogP contribution in [0.5, 0.6) is 0 Å². The molecule has 0 aromatic heterocycles. The van der Waals surface area contributed by atoms with Crippen molar-refractivity contribution in [1.29, 1.82) is 0 Å². The number of aliphatic hydroxyl groups is 1. The molecule has 0 radical (unpaired) electrons. The van der Waals surface area contributed by atoms with Crippen LogP contribution in [0.1, 0.15) is 19.4 Å². The maximum atomic E-state index is 11.8. The van der Waals surface area contributed by atoms with Gasteiger partial charge in [-0.2, -0.15) is 0 Å². The molecule has 3 atom stereocenters. The van der Waals surface area contributed by atoms with Crippen molar-refractivity contribution < 1.29 is 9.90 Å². The fraction of sp³-hybridized carbons (Fsp3) is 0.500. The van der Waals surface area contributed by atoms with Crippen LogP contribution in [0.4, 0.5) is 0 Å². The molecule has 1 amide bonds. The van der Waals surface area contributed by atoms with Gasteiger partial charge in [0, 0.05) is 12.0 Å². The molecule has 0 aliphatic heterocycles. The quantitative estimate of drug-likeness (QED) is 0.695. The zero-order valence-electron chi connectivity index (χ0n) is 11.0. The number of hydrogen-bond donors (Lipinski definition) is 3. The number of amides is 1. The SMILES string of the molecule is CC(N)C(C)C(=O)N[C@@H](CO)Cc1ccccc1. The molecular formula is C14H22N2O2. The Labute approximate surface area is 108 Å². The Morgan fingerprint density at radius 1 is 1.33 bits per heavy atom. The number of nitrogens with two attached hydrogens (primary N) is 1. The highest BCUT2D eigenvalue weighted by molar-refractivity contribution is 5.79. The first-order valence-corrected chi connectivity index (χ1v) is 6.25. The molecule has 1 aromatic carbocycles. The first-order valence-electron chi connectivity index (χ1n) is 6.25. The van der Waals surface area contributed by atoms with Crippen LogP contribution in [0.3, 0.4) is 0 Å². The predicted octanol–water partition coefficient (Wildman–Crippen LogP) is 0.690. The Kier molecular flexibility index (Phi) is 5.82. The molecule has 0 heterocycles. The summed E-state index contributed by atoms with van der Waals surface area (Å²) in [7, 11) is 0. The van der Waals surface area contributed by atoms with Gasteiger partial charge in [-0.3, -0.25) is 4.79 Å². The van der Waals surface area contributed by atoms with Gasteiger partial charge in [-0.05, 0) is 18.9 Å². The first kappa shape index (κ1) is 14.7. The van der Waals surface area contributed by atoms with E-state index in [-0.39, 0.29) is 30.5 Å². The van der Waals surface area contributed by atoms with Crippen LogP contribution in [0.15, 0.2) is 30.3 Å². The summed E-state index contributed by atoms with van der Waals surface area (Å²) in [5.74, 6) is -0.366. The standard InChI is InChI=1S/C14H22N2O2/c1-10(11(2)15)14(18)16-13(9-17)8-12-6-4-3-5-7-12/h3-7,10-11,13,17H,8-9,15H2,1-2H3,(H,16,18)/t10?,11?,13-/m1/s1. The fourth-order valence-electron chi connectivity index (χ4n) is 1.63. The van der Waals surface area contributed by atoms with E-state index >= 15 is 0 Å². The lowest BCUT2D eigenvalue weighted by Gasteiger charge is -2.21. The van der Waals surface area contributed by atoms with E-state index in [1.165, 1.54) is 0 Å². The highest BCUT2D eigenvalue weighted by atomic mass is 16.3. The highest BCUT2D eigenvalue weighted by Gasteiger charge is 2.20. The van der Waals surface area contributed by atoms with Crippen molar-refractivity contribution in [3.63, 3.8) is 0 Å². The lowest BCUT2D eigenvalue weighted by Crippen LogP contribution is -2.45. The van der Waals surface area contributed by atoms with Gasteiger partial charge in [-0.1, -0.05) is 37.3 Å². The third-order valence-electron chi connectivity index (χ3n) is 3.09. The van der Waals surface area contributed by atoms with Crippen molar-refractivity contribution in [2.45, 2.75) is 32.4 Å². The maximum absolute atomic E-state index is 11.8. The van der Waals surface area contributed by atoms with Crippen LogP contribution in [0.25, 0.3) is 0 Å². The smallest absolute Gasteiger partial charge is 0.224 e. The molecule has 4 heteroatoms. The van der Waals surface area contributed by atoms with Gasteiger partial charge in [0.15, 0.2) is 0 Å². The summed E-state index contributed by atoms with van der Waals surface area (Å²) in [6.45, 7) is 3.51. The molecule has 0 aliphatic carbocycles. The lowest BCUT2D eigenvalue weighted by molar-refractivity contribution is -0.125. The lowest BCUT2D eigenvalue weighted by atomic mass is 10.0. The molecule has 1 aromatic rings. The average Bonchev–Trinajstić information content (AvgIpc) is 2.37. The predicted molar refractivity (Wildman–Crippen MR) is 72.0 cm³/mol. The molecule has 100 valence electrons. The van der Waals surface area contributed by atoms with E-state index in [1.54, 1.807) is 13.8 Å². The van der Waals surface area contributed by atoms with Gasteiger partial charge in [0.2, 0.25) is 5.91 Å². The normalized spacial score (nSPS) is 15.8. The van der Waals surface area contributed by atoms with E-state index in [9.17, 15) is 9.90 Å². The number of nitrogens with one attached hydrogen (secondary N) is 1. The minimum atomic E-state index is -0.263. The minimum Gasteiger partial charge on any atom is -0.394 e. The van der Waals surface area contributed by atoms with Crippen molar-refractivity contribution in [2.75, 3.05) is 6.61 Å². The van der Waals surface area contributed by atoms with Crippen molar-refractivity contribution in [3.05, 3.63) is 35.9 Å². The fourth-order valence-corrected chi connectivity index (χ4v) is 1.63. The molecular weight excluding hydrogens is 228 g/mol. The Morgan fingerprint density at radius 3 is 2.44 bits per heavy atom. The Bertz CT molecular complexity index is 365. The van der Waals surface area contributed by atoms with Gasteiger partial charge < -0.3 is 16.2 Å². The number of carbonyl (C=O) groups is 1. The van der Waals surface area contributed by atoms with Gasteiger partial charge in [-0.15, -0.1) is 0 Å². The number of aliphatic hydroxyl groups excluding tert-OH is 1. The Hall–Kier alpha value is -1.39. The summed E-state index contributed by atoms with van der Waals surface area (Å²) in [4.78, 5) is 11.8. The molecule has 4 nitrogen and oxygen atoms in total. The van der Waals surface area contributed by atoms with Crippen LogP contribution in [-0.4, -0.2) is 29.7 Å². The second-order valence-electron chi connectivity index (χ2n) is 4.73. The van der Waals surface area contributed by atoms with Crippen molar-refractivity contribution in [2.24, 2.45) is 11.7 Å². The number of rotatable bonds is 6. The molecule has 0 saturated carbocycles. The molecule has 0 fully saturated rings. The molecule has 0 saturated heterocycles. The van der Waals surface area contributed by atoms with Crippen LogP contribution in [0.2, 0.25) is 0 Å². The van der Waals surface area contributed by atoms with E-state index < -0.39 is 0 Å². The van der Waals surface area contributed by atoms with Gasteiger partial charge in [0.25, 0.3) is 0 Å². The van der Waals surface area contributed by atoms with Crippen LogP contribution >= 0.6 is 0 Å². The first-order chi connectivity index (χ1) is 8.54. The second-order valence-corrected chi connectivity index (χ2v) is 4.73. The van der Waals surface area contributed by atoms with Gasteiger partial charge in [-0.25, -0.2) is 0 Å². The maximum Gasteiger partial charge on any atom is 0.224 e. The highest BCUT2D eigenvalue weighted by Crippen LogP contribution is 2.05. The summed E-state index contributed by atoms with van der Waals surface area (Å²) in [5.41, 5.74) is 6.77. The zero-order valence-corrected chi connectivity index (χ0v) is 11.0. The van der Waals surface area contributed by atoms with E-state index in [4.69, 9.17) is 5.73 Å². The largest absolute Gasteiger partial charge is 0.394 e. The third kappa shape index (κ3) is 4.47. The van der Waals surface area contributed by atoms with Crippen LogP contribution < -0.4 is 11.1 Å². The van der Waals surface area contributed by atoms with Crippen LogP contribution in [-0.2, 0) is 11.2 Å². The van der Waals surface area contributed by atoms with E-state index in [0.717, 1.165) is 5.56 Å². The number of hydrogen-bond acceptors (Lipinski definition) is 3. The minimum absolute atomic E-state index is 0.0771. The topological polar surface area (TPSA) is 75.4 Å². The number of benzene rings is 1. The molecule has 18 heavy (non-hydrogen) atoms. The van der Waals surface area contributed by atoms with Crippen LogP contribution in [0, 0.1) is 5.92 Å². The van der Waals surface area contributed by atoms with E-state index in [0.29, 0.717) is 6.42 Å². The molecule has 0 bridgehead atoms. The second kappa shape index (κ2) is 7.13. The molecule has 4 N–H and O–H groups in total. The van der Waals surface area contributed by atoms with E-state index in [2.05, 4.69) is 5.32 Å². The Morgan fingerprint density at radius 2 is 1.94 bits per heavy atom. The monoisotopic (exact) mass is 250 g/mol. The van der Waals surface area contributed by atoms with Crippen molar-refractivity contribution in [3.8, 4) is 0 Å². The summed E-state index contributed by atoms with van der Waals surface area (Å²) in [6.07, 6.45) is 0.620. The number of carbonyl (C=O) groups excluding carboxylic acids is 1. The summed E-state index contributed by atoms with van der Waals surface area (Å²) in [6, 6.07) is 9.32. The third-order valence-corrected chi connectivity index (χ3v) is 3.09. The summed E-state index contributed by atoms with van der Waals surface area (Å²) >= 11 is 0. The average molecular weight is 250 g/mol. The van der Waals surface area contributed by atoms with E-state index in [1.807, 2.05) is 30.3 Å². The summed E-state index contributed by atoms with van der Waals surface area (Å²) < 4.78 is 0. The van der Waals surface area contributed by atoms with Gasteiger partial charge >= 0.3 is 0 Å². The van der Waals surface area contributed by atoms with Crippen molar-refractivity contribution >= 4 is 5.91 Å². The zero-order chi connectivity index (χ0) is 13.5.